The average molecular weight is 358 g/mol. The summed E-state index contributed by atoms with van der Waals surface area (Å²) in [6.07, 6.45) is 5.31. The van der Waals surface area contributed by atoms with Crippen LogP contribution in [0.4, 0.5) is 0 Å². The molecule has 3 atom stereocenters. The second kappa shape index (κ2) is 6.86. The molecule has 5 heteroatoms. The second-order valence-electron chi connectivity index (χ2n) is 7.60. The Labute approximate surface area is 154 Å². The van der Waals surface area contributed by atoms with Gasteiger partial charge in [-0.3, -0.25) is 9.59 Å². The third kappa shape index (κ3) is 2.56. The number of hydrogen-bond donors (Lipinski definition) is 0. The number of allylic oxidation sites excluding steroid dienone is 5. The summed E-state index contributed by atoms with van der Waals surface area (Å²) in [5.41, 5.74) is 2.98. The molecule has 0 heterocycles. The van der Waals surface area contributed by atoms with Crippen molar-refractivity contribution in [3.8, 4) is 0 Å². The quantitative estimate of drug-likeness (QED) is 0.557. The summed E-state index contributed by atoms with van der Waals surface area (Å²) in [5, 5.41) is 0. The van der Waals surface area contributed by atoms with E-state index in [2.05, 4.69) is 0 Å². The largest absolute Gasteiger partial charge is 0.501 e. The van der Waals surface area contributed by atoms with E-state index in [1.165, 1.54) is 7.11 Å². The van der Waals surface area contributed by atoms with E-state index >= 15 is 0 Å². The molecule has 0 amide bonds. The average Bonchev–Trinajstić information content (AvgIpc) is 2.90. The zero-order chi connectivity index (χ0) is 19.1. The van der Waals surface area contributed by atoms with Gasteiger partial charge >= 0.3 is 5.97 Å². The molecule has 0 bridgehead atoms. The van der Waals surface area contributed by atoms with Crippen molar-refractivity contribution in [2.24, 2.45) is 17.3 Å². The van der Waals surface area contributed by atoms with E-state index in [1.54, 1.807) is 7.11 Å². The molecule has 0 radical (unpaired) electrons. The predicted molar refractivity (Wildman–Crippen MR) is 96.1 cm³/mol. The van der Waals surface area contributed by atoms with E-state index in [1.807, 2.05) is 19.9 Å². The van der Waals surface area contributed by atoms with E-state index in [4.69, 9.17) is 9.47 Å². The first-order valence-corrected chi connectivity index (χ1v) is 9.13. The number of esters is 1. The molecule has 0 aromatic rings. The fourth-order valence-electron chi connectivity index (χ4n) is 5.11. The van der Waals surface area contributed by atoms with Crippen LogP contribution in [0.2, 0.25) is 0 Å². The number of ketones is 1. The SMILES string of the molecule is COC(=O)[C@]1([C@H](C)CC=O)CCC2=C3C(=C(C)CC(OC)=C2)C(=O)C[C@H]31. The Kier molecular flexibility index (Phi) is 4.91. The summed E-state index contributed by atoms with van der Waals surface area (Å²) in [5.74, 6) is 0.186. The lowest BCUT2D eigenvalue weighted by atomic mass is 9.58. The normalized spacial score (nSPS) is 29.0. The Morgan fingerprint density at radius 2 is 2.15 bits per heavy atom. The Hall–Kier alpha value is -2.17. The van der Waals surface area contributed by atoms with E-state index in [9.17, 15) is 14.4 Å². The zero-order valence-electron chi connectivity index (χ0n) is 15.9. The first-order chi connectivity index (χ1) is 12.4. The number of Topliss-reactive ketones (excluding diaryl/α,β-unsaturated/α-hetero) is 1. The molecule has 0 unspecified atom stereocenters. The van der Waals surface area contributed by atoms with Crippen molar-refractivity contribution in [3.63, 3.8) is 0 Å². The van der Waals surface area contributed by atoms with Gasteiger partial charge in [0, 0.05) is 30.8 Å². The molecular formula is C21H26O5. The van der Waals surface area contributed by atoms with Gasteiger partial charge in [0.05, 0.1) is 25.4 Å². The molecule has 140 valence electrons. The zero-order valence-corrected chi connectivity index (χ0v) is 15.9. The number of rotatable bonds is 5. The molecule has 3 aliphatic rings. The van der Waals surface area contributed by atoms with Gasteiger partial charge in [0.15, 0.2) is 5.78 Å². The van der Waals surface area contributed by atoms with Gasteiger partial charge in [-0.05, 0) is 42.9 Å². The van der Waals surface area contributed by atoms with Gasteiger partial charge in [-0.25, -0.2) is 0 Å². The van der Waals surface area contributed by atoms with Crippen LogP contribution < -0.4 is 0 Å². The summed E-state index contributed by atoms with van der Waals surface area (Å²) in [6.45, 7) is 3.88. The summed E-state index contributed by atoms with van der Waals surface area (Å²) in [4.78, 5) is 37.0. The van der Waals surface area contributed by atoms with Crippen molar-refractivity contribution >= 4 is 18.0 Å². The van der Waals surface area contributed by atoms with Crippen LogP contribution in [0.5, 0.6) is 0 Å². The van der Waals surface area contributed by atoms with Gasteiger partial charge in [-0.15, -0.1) is 0 Å². The maximum atomic E-state index is 12.9. The van der Waals surface area contributed by atoms with Crippen LogP contribution in [0.1, 0.15) is 46.0 Å². The minimum absolute atomic E-state index is 0.0826. The molecule has 1 fully saturated rings. The second-order valence-corrected chi connectivity index (χ2v) is 7.60. The molecule has 26 heavy (non-hydrogen) atoms. The first kappa shape index (κ1) is 18.6. The summed E-state index contributed by atoms with van der Waals surface area (Å²) < 4.78 is 10.7. The van der Waals surface area contributed by atoms with E-state index < -0.39 is 5.41 Å². The lowest BCUT2D eigenvalue weighted by Crippen LogP contribution is -2.47. The maximum absolute atomic E-state index is 12.9. The highest BCUT2D eigenvalue weighted by atomic mass is 16.5. The van der Waals surface area contributed by atoms with Crippen LogP contribution in [-0.2, 0) is 23.9 Å². The van der Waals surface area contributed by atoms with E-state index in [-0.39, 0.29) is 30.0 Å². The third-order valence-electron chi connectivity index (χ3n) is 6.42. The molecule has 0 N–H and O–H groups in total. The summed E-state index contributed by atoms with van der Waals surface area (Å²) in [7, 11) is 3.03. The van der Waals surface area contributed by atoms with Crippen molar-refractivity contribution in [3.05, 3.63) is 34.1 Å². The predicted octanol–water partition coefficient (Wildman–Crippen LogP) is 3.30. The fraction of sp³-hybridized carbons (Fsp3) is 0.571. The number of hydrogen-bond acceptors (Lipinski definition) is 5. The molecule has 1 saturated carbocycles. The highest BCUT2D eigenvalue weighted by Gasteiger charge is 2.58. The Morgan fingerprint density at radius 3 is 2.77 bits per heavy atom. The molecule has 0 spiro atoms. The topological polar surface area (TPSA) is 69.7 Å². The molecule has 0 aromatic heterocycles. The van der Waals surface area contributed by atoms with Gasteiger partial charge in [0.25, 0.3) is 0 Å². The van der Waals surface area contributed by atoms with Gasteiger partial charge < -0.3 is 14.3 Å². The first-order valence-electron chi connectivity index (χ1n) is 9.13. The molecule has 0 aliphatic heterocycles. The van der Waals surface area contributed by atoms with Crippen molar-refractivity contribution in [2.75, 3.05) is 14.2 Å². The third-order valence-corrected chi connectivity index (χ3v) is 6.42. The molecule has 0 saturated heterocycles. The number of aldehydes is 1. The van der Waals surface area contributed by atoms with Crippen molar-refractivity contribution < 1.29 is 23.9 Å². The highest BCUT2D eigenvalue weighted by Crippen LogP contribution is 2.58. The number of carbonyl (C=O) groups is 3. The maximum Gasteiger partial charge on any atom is 0.312 e. The minimum Gasteiger partial charge on any atom is -0.501 e. The number of carbonyl (C=O) groups excluding carboxylic acids is 3. The van der Waals surface area contributed by atoms with Crippen LogP contribution in [0.25, 0.3) is 0 Å². The molecule has 5 nitrogen and oxygen atoms in total. The van der Waals surface area contributed by atoms with Crippen molar-refractivity contribution in [1.29, 1.82) is 0 Å². The smallest absolute Gasteiger partial charge is 0.312 e. The highest BCUT2D eigenvalue weighted by molar-refractivity contribution is 6.06. The van der Waals surface area contributed by atoms with Crippen LogP contribution in [0.3, 0.4) is 0 Å². The lowest BCUT2D eigenvalue weighted by Gasteiger charge is -2.44. The van der Waals surface area contributed by atoms with Crippen LogP contribution in [0.15, 0.2) is 34.1 Å². The summed E-state index contributed by atoms with van der Waals surface area (Å²) >= 11 is 0. The van der Waals surface area contributed by atoms with Crippen LogP contribution >= 0.6 is 0 Å². The van der Waals surface area contributed by atoms with Crippen LogP contribution in [0, 0.1) is 17.3 Å². The Balaban J connectivity index is 2.22. The van der Waals surface area contributed by atoms with E-state index in [0.717, 1.165) is 34.3 Å². The molecule has 3 rings (SSSR count). The van der Waals surface area contributed by atoms with Gasteiger partial charge in [-0.2, -0.15) is 0 Å². The van der Waals surface area contributed by atoms with Gasteiger partial charge in [0.1, 0.15) is 6.29 Å². The van der Waals surface area contributed by atoms with Crippen molar-refractivity contribution in [2.45, 2.75) is 46.0 Å². The molecular weight excluding hydrogens is 332 g/mol. The standard InChI is InChI=1S/C21H26O5/c1-12-9-15(25-3)10-14-5-7-21(20(24)26-4,13(2)6-8-22)16-11-17(23)18(12)19(14)16/h8,10,13,16H,5-7,9,11H2,1-4H3/t13-,16-,21+/m1/s1. The number of ether oxygens (including phenoxy) is 2. The van der Waals surface area contributed by atoms with Gasteiger partial charge in [-0.1, -0.05) is 12.5 Å². The molecule has 0 aromatic carbocycles. The monoisotopic (exact) mass is 358 g/mol. The molecule has 3 aliphatic carbocycles. The lowest BCUT2D eigenvalue weighted by molar-refractivity contribution is -0.161. The van der Waals surface area contributed by atoms with Crippen molar-refractivity contribution in [1.82, 2.24) is 0 Å². The van der Waals surface area contributed by atoms with E-state index in [0.29, 0.717) is 25.7 Å². The fourth-order valence-corrected chi connectivity index (χ4v) is 5.11. The number of methoxy groups -OCH3 is 2. The summed E-state index contributed by atoms with van der Waals surface area (Å²) in [6, 6.07) is 0. The minimum atomic E-state index is -0.836. The Bertz CT molecular complexity index is 754. The van der Waals surface area contributed by atoms with Gasteiger partial charge in [0.2, 0.25) is 0 Å². The Morgan fingerprint density at radius 1 is 1.42 bits per heavy atom. The van der Waals surface area contributed by atoms with Crippen LogP contribution in [-0.4, -0.2) is 32.3 Å².